The normalized spacial score (nSPS) is 10.3. The molecule has 1 N–H and O–H groups in total. The topological polar surface area (TPSA) is 55.4 Å². The largest absolute Gasteiger partial charge is 0.455 e. The van der Waals surface area contributed by atoms with Crippen LogP contribution in [0.25, 0.3) is 0 Å². The summed E-state index contributed by atoms with van der Waals surface area (Å²) in [6.07, 6.45) is 1.09. The van der Waals surface area contributed by atoms with Crippen LogP contribution in [0.5, 0.6) is 0 Å². The van der Waals surface area contributed by atoms with Gasteiger partial charge in [-0.1, -0.05) is 24.3 Å². The van der Waals surface area contributed by atoms with Crippen molar-refractivity contribution >= 4 is 35.0 Å². The Morgan fingerprint density at radius 2 is 1.96 bits per heavy atom. The van der Waals surface area contributed by atoms with Gasteiger partial charge in [0.1, 0.15) is 0 Å². The molecule has 1 amide bonds. The quantitative estimate of drug-likeness (QED) is 0.429. The highest BCUT2D eigenvalue weighted by Crippen LogP contribution is 2.17. The fraction of sp³-hybridized carbons (Fsp3) is 0.294. The molecule has 23 heavy (non-hydrogen) atoms. The third-order valence-corrected chi connectivity index (χ3v) is 4.89. The minimum Gasteiger partial charge on any atom is -0.455 e. The Hall–Kier alpha value is -1.79. The lowest BCUT2D eigenvalue weighted by Crippen LogP contribution is -2.30. The first-order chi connectivity index (χ1) is 11.2. The number of hydrogen-bond acceptors (Lipinski definition) is 5. The summed E-state index contributed by atoms with van der Waals surface area (Å²) in [6, 6.07) is 13.9. The maximum absolute atomic E-state index is 11.6. The Bertz CT molecular complexity index is 600. The average molecular weight is 349 g/mol. The number of nitrogens with one attached hydrogen (secondary N) is 1. The van der Waals surface area contributed by atoms with Crippen molar-refractivity contribution in [2.75, 3.05) is 18.9 Å². The SMILES string of the molecule is O=C(COC(=O)Cc1cccs1)NCCCSc1ccccc1. The van der Waals surface area contributed by atoms with Gasteiger partial charge in [-0.05, 0) is 35.8 Å². The molecule has 0 radical (unpaired) electrons. The maximum atomic E-state index is 11.6. The van der Waals surface area contributed by atoms with Gasteiger partial charge in [0, 0.05) is 16.3 Å². The van der Waals surface area contributed by atoms with E-state index in [2.05, 4.69) is 17.4 Å². The minimum absolute atomic E-state index is 0.212. The van der Waals surface area contributed by atoms with E-state index in [0.29, 0.717) is 6.54 Å². The van der Waals surface area contributed by atoms with E-state index < -0.39 is 0 Å². The number of ether oxygens (including phenoxy) is 1. The molecule has 0 saturated heterocycles. The molecule has 0 saturated carbocycles. The Labute approximate surface area is 144 Å². The van der Waals surface area contributed by atoms with Crippen molar-refractivity contribution in [3.05, 3.63) is 52.7 Å². The molecule has 2 aromatic rings. The molecule has 2 rings (SSSR count). The highest BCUT2D eigenvalue weighted by Gasteiger charge is 2.08. The first kappa shape index (κ1) is 17.6. The number of thioether (sulfide) groups is 1. The van der Waals surface area contributed by atoms with E-state index in [1.165, 1.54) is 16.2 Å². The second-order valence-electron chi connectivity index (χ2n) is 4.78. The van der Waals surface area contributed by atoms with Gasteiger partial charge in [0.15, 0.2) is 6.61 Å². The van der Waals surface area contributed by atoms with Crippen molar-refractivity contribution in [2.24, 2.45) is 0 Å². The molecular formula is C17H19NO3S2. The molecule has 4 nitrogen and oxygen atoms in total. The van der Waals surface area contributed by atoms with Crippen LogP contribution in [0.4, 0.5) is 0 Å². The molecule has 1 heterocycles. The van der Waals surface area contributed by atoms with Crippen LogP contribution in [0.15, 0.2) is 52.7 Å². The molecule has 1 aromatic carbocycles. The molecule has 6 heteroatoms. The Balaban J connectivity index is 1.50. The van der Waals surface area contributed by atoms with Crippen molar-refractivity contribution in [3.63, 3.8) is 0 Å². The molecule has 1 aromatic heterocycles. The molecule has 0 aliphatic carbocycles. The summed E-state index contributed by atoms with van der Waals surface area (Å²) in [5.41, 5.74) is 0. The fourth-order valence-corrected chi connectivity index (χ4v) is 3.37. The van der Waals surface area contributed by atoms with Crippen LogP contribution in [0.2, 0.25) is 0 Å². The van der Waals surface area contributed by atoms with Gasteiger partial charge in [-0.3, -0.25) is 9.59 Å². The molecule has 0 fully saturated rings. The zero-order chi connectivity index (χ0) is 16.3. The van der Waals surface area contributed by atoms with Gasteiger partial charge in [-0.15, -0.1) is 23.1 Å². The van der Waals surface area contributed by atoms with Crippen LogP contribution in [-0.4, -0.2) is 30.8 Å². The van der Waals surface area contributed by atoms with E-state index >= 15 is 0 Å². The lowest BCUT2D eigenvalue weighted by atomic mass is 10.3. The smallest absolute Gasteiger partial charge is 0.311 e. The molecule has 122 valence electrons. The zero-order valence-electron chi connectivity index (χ0n) is 12.7. The summed E-state index contributed by atoms with van der Waals surface area (Å²) in [5.74, 6) is 0.305. The summed E-state index contributed by atoms with van der Waals surface area (Å²) in [5, 5.41) is 4.66. The third-order valence-electron chi connectivity index (χ3n) is 2.92. The van der Waals surface area contributed by atoms with E-state index in [9.17, 15) is 9.59 Å². The van der Waals surface area contributed by atoms with Gasteiger partial charge in [-0.25, -0.2) is 0 Å². The summed E-state index contributed by atoms with van der Waals surface area (Å²) in [7, 11) is 0. The van der Waals surface area contributed by atoms with Gasteiger partial charge in [-0.2, -0.15) is 0 Å². The number of esters is 1. The van der Waals surface area contributed by atoms with Crippen molar-refractivity contribution in [3.8, 4) is 0 Å². The number of carbonyl (C=O) groups excluding carboxylic acids is 2. The second kappa shape index (κ2) is 10.1. The Kier molecular flexibility index (Phi) is 7.69. The molecular weight excluding hydrogens is 330 g/mol. The number of benzene rings is 1. The molecule has 0 bridgehead atoms. The number of hydrogen-bond donors (Lipinski definition) is 1. The van der Waals surface area contributed by atoms with Crippen LogP contribution in [0.1, 0.15) is 11.3 Å². The lowest BCUT2D eigenvalue weighted by molar-refractivity contribution is -0.147. The second-order valence-corrected chi connectivity index (χ2v) is 6.98. The van der Waals surface area contributed by atoms with Gasteiger partial charge in [0.05, 0.1) is 6.42 Å². The first-order valence-electron chi connectivity index (χ1n) is 7.36. The summed E-state index contributed by atoms with van der Waals surface area (Å²) in [6.45, 7) is 0.372. The number of rotatable bonds is 9. The third kappa shape index (κ3) is 7.34. The minimum atomic E-state index is -0.373. The van der Waals surface area contributed by atoms with Gasteiger partial charge < -0.3 is 10.1 Å². The van der Waals surface area contributed by atoms with Gasteiger partial charge in [0.2, 0.25) is 0 Å². The molecule has 0 unspecified atom stereocenters. The molecule has 0 aliphatic rings. The van der Waals surface area contributed by atoms with E-state index in [0.717, 1.165) is 17.1 Å². The summed E-state index contributed by atoms with van der Waals surface area (Å²) >= 11 is 3.26. The van der Waals surface area contributed by atoms with Crippen molar-refractivity contribution in [1.29, 1.82) is 0 Å². The van der Waals surface area contributed by atoms with E-state index in [1.807, 2.05) is 35.7 Å². The monoisotopic (exact) mass is 349 g/mol. The van der Waals surface area contributed by atoms with Crippen LogP contribution >= 0.6 is 23.1 Å². The Morgan fingerprint density at radius 3 is 2.70 bits per heavy atom. The van der Waals surface area contributed by atoms with Gasteiger partial charge in [0.25, 0.3) is 5.91 Å². The van der Waals surface area contributed by atoms with Crippen LogP contribution in [0.3, 0.4) is 0 Å². The van der Waals surface area contributed by atoms with Crippen molar-refractivity contribution < 1.29 is 14.3 Å². The van der Waals surface area contributed by atoms with Gasteiger partial charge >= 0.3 is 5.97 Å². The average Bonchev–Trinajstić information content (AvgIpc) is 3.06. The molecule has 0 spiro atoms. The summed E-state index contributed by atoms with van der Waals surface area (Å²) in [4.78, 5) is 25.3. The fourth-order valence-electron chi connectivity index (χ4n) is 1.81. The number of amides is 1. The van der Waals surface area contributed by atoms with Crippen LogP contribution in [0, 0.1) is 0 Å². The lowest BCUT2D eigenvalue weighted by Gasteiger charge is -2.06. The van der Waals surface area contributed by atoms with E-state index in [1.54, 1.807) is 11.8 Å². The van der Waals surface area contributed by atoms with Crippen molar-refractivity contribution in [1.82, 2.24) is 5.32 Å². The molecule has 0 atom stereocenters. The number of carbonyl (C=O) groups is 2. The standard InChI is InChI=1S/C17H19NO3S2/c19-16(13-21-17(20)12-15-8-4-10-23-15)18-9-5-11-22-14-6-2-1-3-7-14/h1-4,6-8,10H,5,9,11-13H2,(H,18,19). The first-order valence-corrected chi connectivity index (χ1v) is 9.23. The maximum Gasteiger partial charge on any atom is 0.311 e. The van der Waals surface area contributed by atoms with Crippen LogP contribution < -0.4 is 5.32 Å². The van der Waals surface area contributed by atoms with Crippen LogP contribution in [-0.2, 0) is 20.7 Å². The highest BCUT2D eigenvalue weighted by molar-refractivity contribution is 7.99. The highest BCUT2D eigenvalue weighted by atomic mass is 32.2. The predicted octanol–water partition coefficient (Wildman–Crippen LogP) is 3.13. The van der Waals surface area contributed by atoms with Crippen molar-refractivity contribution in [2.45, 2.75) is 17.7 Å². The van der Waals surface area contributed by atoms with E-state index in [-0.39, 0.29) is 24.9 Å². The Morgan fingerprint density at radius 1 is 1.13 bits per heavy atom. The summed E-state index contributed by atoms with van der Waals surface area (Å²) < 4.78 is 4.95. The predicted molar refractivity (Wildman–Crippen MR) is 93.8 cm³/mol. The van der Waals surface area contributed by atoms with E-state index in [4.69, 9.17) is 4.74 Å². The number of thiophene rings is 1. The zero-order valence-corrected chi connectivity index (χ0v) is 14.3. The molecule has 0 aliphatic heterocycles.